The summed E-state index contributed by atoms with van der Waals surface area (Å²) in [5.41, 5.74) is 0. The summed E-state index contributed by atoms with van der Waals surface area (Å²) in [6.07, 6.45) is 2.93. The molecule has 19 heavy (non-hydrogen) atoms. The normalized spacial score (nSPS) is 19.1. The zero-order chi connectivity index (χ0) is 14.4. The van der Waals surface area contributed by atoms with Crippen LogP contribution in [0.25, 0.3) is 0 Å². The van der Waals surface area contributed by atoms with E-state index < -0.39 is 6.04 Å². The number of likely N-dealkylation sites (tertiary alicyclic amines) is 1. The van der Waals surface area contributed by atoms with Crippen LogP contribution in [0.5, 0.6) is 0 Å². The molecule has 1 fully saturated rings. The number of Topliss-reactive ketones (excluding diaryl/α,β-unsaturated/α-hetero) is 1. The third-order valence-corrected chi connectivity index (χ3v) is 3.64. The summed E-state index contributed by atoms with van der Waals surface area (Å²) >= 11 is 0. The molecule has 0 aromatic heterocycles. The molecule has 0 aromatic carbocycles. The van der Waals surface area contributed by atoms with Crippen molar-refractivity contribution < 1.29 is 14.3 Å². The van der Waals surface area contributed by atoms with Gasteiger partial charge in [0.25, 0.3) is 0 Å². The molecule has 2 atom stereocenters. The Balaban J connectivity index is 2.65. The molecule has 1 aliphatic rings. The number of ketones is 1. The van der Waals surface area contributed by atoms with E-state index in [9.17, 15) is 9.59 Å². The van der Waals surface area contributed by atoms with Crippen LogP contribution in [0.2, 0.25) is 0 Å². The standard InChI is InChI=1S/C14H26N2O3/c1-10(2)13(17)12(11(3)19-4)15-14(18)16-8-6-5-7-9-16/h10-12H,5-9H2,1-4H3,(H,15,18)/t11-,12+/m1/s1. The predicted molar refractivity (Wildman–Crippen MR) is 74.1 cm³/mol. The van der Waals surface area contributed by atoms with Crippen LogP contribution in [-0.4, -0.2) is 49.1 Å². The molecule has 1 rings (SSSR count). The van der Waals surface area contributed by atoms with Crippen LogP contribution in [0.3, 0.4) is 0 Å². The van der Waals surface area contributed by atoms with Crippen molar-refractivity contribution in [2.24, 2.45) is 5.92 Å². The molecule has 2 amide bonds. The molecule has 0 spiro atoms. The van der Waals surface area contributed by atoms with E-state index in [1.807, 2.05) is 13.8 Å². The van der Waals surface area contributed by atoms with Crippen molar-refractivity contribution in [3.8, 4) is 0 Å². The fourth-order valence-corrected chi connectivity index (χ4v) is 2.24. The summed E-state index contributed by atoms with van der Waals surface area (Å²) in [6, 6.07) is -0.720. The Morgan fingerprint density at radius 1 is 1.11 bits per heavy atom. The second kappa shape index (κ2) is 7.48. The van der Waals surface area contributed by atoms with E-state index in [4.69, 9.17) is 4.74 Å². The van der Waals surface area contributed by atoms with Crippen LogP contribution in [0, 0.1) is 5.92 Å². The smallest absolute Gasteiger partial charge is 0.318 e. The highest BCUT2D eigenvalue weighted by Crippen LogP contribution is 2.11. The van der Waals surface area contributed by atoms with Crippen LogP contribution in [0.4, 0.5) is 4.79 Å². The molecule has 0 unspecified atom stereocenters. The lowest BCUT2D eigenvalue weighted by atomic mass is 9.98. The van der Waals surface area contributed by atoms with Crippen LogP contribution < -0.4 is 5.32 Å². The summed E-state index contributed by atoms with van der Waals surface area (Å²) in [4.78, 5) is 26.1. The summed E-state index contributed by atoms with van der Waals surface area (Å²) in [6.45, 7) is 7.03. The number of nitrogens with zero attached hydrogens (tertiary/aromatic N) is 1. The molecule has 5 nitrogen and oxygen atoms in total. The topological polar surface area (TPSA) is 58.6 Å². The Bertz CT molecular complexity index is 312. The van der Waals surface area contributed by atoms with Gasteiger partial charge in [-0.15, -0.1) is 0 Å². The molecule has 0 radical (unpaired) electrons. The van der Waals surface area contributed by atoms with E-state index >= 15 is 0 Å². The minimum Gasteiger partial charge on any atom is -0.379 e. The number of amides is 2. The molecular formula is C14H26N2O3. The van der Waals surface area contributed by atoms with Gasteiger partial charge in [0.2, 0.25) is 0 Å². The van der Waals surface area contributed by atoms with E-state index in [1.165, 1.54) is 6.42 Å². The van der Waals surface area contributed by atoms with Crippen molar-refractivity contribution in [1.29, 1.82) is 0 Å². The number of hydrogen-bond acceptors (Lipinski definition) is 3. The van der Waals surface area contributed by atoms with Gasteiger partial charge in [-0.1, -0.05) is 13.8 Å². The Kier molecular flexibility index (Phi) is 6.28. The van der Waals surface area contributed by atoms with Crippen LogP contribution >= 0.6 is 0 Å². The number of hydrogen-bond donors (Lipinski definition) is 1. The van der Waals surface area contributed by atoms with Gasteiger partial charge < -0.3 is 15.0 Å². The van der Waals surface area contributed by atoms with Gasteiger partial charge in [0.1, 0.15) is 6.04 Å². The summed E-state index contributed by atoms with van der Waals surface area (Å²) in [7, 11) is 1.55. The molecule has 1 aliphatic heterocycles. The van der Waals surface area contributed by atoms with Gasteiger partial charge in [-0.3, -0.25) is 4.79 Å². The van der Waals surface area contributed by atoms with Crippen LogP contribution in [-0.2, 0) is 9.53 Å². The lowest BCUT2D eigenvalue weighted by molar-refractivity contribution is -0.126. The van der Waals surface area contributed by atoms with Crippen molar-refractivity contribution in [3.63, 3.8) is 0 Å². The summed E-state index contributed by atoms with van der Waals surface area (Å²) in [5.74, 6) is -0.107. The van der Waals surface area contributed by atoms with Gasteiger partial charge in [-0.25, -0.2) is 4.79 Å². The maximum Gasteiger partial charge on any atom is 0.318 e. The maximum atomic E-state index is 12.2. The zero-order valence-electron chi connectivity index (χ0n) is 12.4. The van der Waals surface area contributed by atoms with E-state index in [0.29, 0.717) is 0 Å². The molecule has 0 bridgehead atoms. The maximum absolute atomic E-state index is 12.2. The van der Waals surface area contributed by atoms with E-state index in [1.54, 1.807) is 18.9 Å². The monoisotopic (exact) mass is 270 g/mol. The highest BCUT2D eigenvalue weighted by Gasteiger charge is 2.30. The third kappa shape index (κ3) is 4.49. The number of nitrogens with one attached hydrogen (secondary N) is 1. The molecule has 1 heterocycles. The van der Waals surface area contributed by atoms with Crippen molar-refractivity contribution in [2.45, 2.75) is 52.2 Å². The number of methoxy groups -OCH3 is 1. The average molecular weight is 270 g/mol. The van der Waals surface area contributed by atoms with E-state index in [-0.39, 0.29) is 23.8 Å². The molecular weight excluding hydrogens is 244 g/mol. The molecule has 1 N–H and O–H groups in total. The quantitative estimate of drug-likeness (QED) is 0.829. The van der Waals surface area contributed by atoms with Crippen molar-refractivity contribution in [2.75, 3.05) is 20.2 Å². The third-order valence-electron chi connectivity index (χ3n) is 3.64. The lowest BCUT2D eigenvalue weighted by Gasteiger charge is -2.31. The second-order valence-electron chi connectivity index (χ2n) is 5.47. The van der Waals surface area contributed by atoms with Crippen LogP contribution in [0.1, 0.15) is 40.0 Å². The van der Waals surface area contributed by atoms with Crippen LogP contribution in [0.15, 0.2) is 0 Å². The molecule has 0 aliphatic carbocycles. The van der Waals surface area contributed by atoms with Crippen molar-refractivity contribution in [3.05, 3.63) is 0 Å². The van der Waals surface area contributed by atoms with E-state index in [0.717, 1.165) is 25.9 Å². The first kappa shape index (κ1) is 16.0. The predicted octanol–water partition coefficient (Wildman–Crippen LogP) is 1.81. The fraction of sp³-hybridized carbons (Fsp3) is 0.857. The average Bonchev–Trinajstić information content (AvgIpc) is 2.43. The Hall–Kier alpha value is -1.10. The van der Waals surface area contributed by atoms with Gasteiger partial charge in [0.15, 0.2) is 5.78 Å². The Labute approximate surface area is 115 Å². The molecule has 110 valence electrons. The first-order valence-electron chi connectivity index (χ1n) is 7.09. The first-order valence-corrected chi connectivity index (χ1v) is 7.09. The number of rotatable bonds is 5. The van der Waals surface area contributed by atoms with Gasteiger partial charge in [0.05, 0.1) is 6.10 Å². The fourth-order valence-electron chi connectivity index (χ4n) is 2.24. The largest absolute Gasteiger partial charge is 0.379 e. The minimum atomic E-state index is -0.570. The molecule has 0 aromatic rings. The minimum absolute atomic E-state index is 0.0136. The van der Waals surface area contributed by atoms with Gasteiger partial charge in [0, 0.05) is 26.1 Å². The number of urea groups is 1. The Morgan fingerprint density at radius 3 is 2.16 bits per heavy atom. The number of piperidine rings is 1. The van der Waals surface area contributed by atoms with Gasteiger partial charge >= 0.3 is 6.03 Å². The second-order valence-corrected chi connectivity index (χ2v) is 5.47. The van der Waals surface area contributed by atoms with Crippen molar-refractivity contribution in [1.82, 2.24) is 10.2 Å². The molecule has 1 saturated heterocycles. The lowest BCUT2D eigenvalue weighted by Crippen LogP contribution is -2.54. The summed E-state index contributed by atoms with van der Waals surface area (Å²) in [5, 5.41) is 2.83. The van der Waals surface area contributed by atoms with Gasteiger partial charge in [-0.05, 0) is 26.2 Å². The number of carbonyl (C=O) groups is 2. The molecule has 5 heteroatoms. The number of carbonyl (C=O) groups excluding carboxylic acids is 2. The van der Waals surface area contributed by atoms with Crippen molar-refractivity contribution >= 4 is 11.8 Å². The van der Waals surface area contributed by atoms with E-state index in [2.05, 4.69) is 5.32 Å². The zero-order valence-corrected chi connectivity index (χ0v) is 12.4. The Morgan fingerprint density at radius 2 is 1.68 bits per heavy atom. The first-order chi connectivity index (χ1) is 8.97. The van der Waals surface area contributed by atoms with Gasteiger partial charge in [-0.2, -0.15) is 0 Å². The number of ether oxygens (including phenoxy) is 1. The summed E-state index contributed by atoms with van der Waals surface area (Å²) < 4.78 is 5.22. The SMILES string of the molecule is CO[C@H](C)[C@H](NC(=O)N1CCCCC1)C(=O)C(C)C. The molecule has 0 saturated carbocycles. The highest BCUT2D eigenvalue weighted by atomic mass is 16.5. The highest BCUT2D eigenvalue weighted by molar-refractivity contribution is 5.90.